The van der Waals surface area contributed by atoms with Crippen molar-refractivity contribution in [2.75, 3.05) is 11.1 Å². The summed E-state index contributed by atoms with van der Waals surface area (Å²) in [5.74, 6) is -1.10. The largest absolute Gasteiger partial charge is 0.395 e. The molecule has 0 aliphatic carbocycles. The van der Waals surface area contributed by atoms with Crippen LogP contribution in [0.1, 0.15) is 23.1 Å². The van der Waals surface area contributed by atoms with Crippen LogP contribution in [0.15, 0.2) is 12.1 Å². The predicted molar refractivity (Wildman–Crippen MR) is 81.4 cm³/mol. The number of anilines is 2. The van der Waals surface area contributed by atoms with Crippen molar-refractivity contribution in [2.45, 2.75) is 20.4 Å². The molecule has 2 rings (SSSR count). The monoisotopic (exact) mass is 330 g/mol. The summed E-state index contributed by atoms with van der Waals surface area (Å²) in [4.78, 5) is 12.4. The quantitative estimate of drug-likeness (QED) is 0.904. The number of aromatic nitrogens is 2. The average Bonchev–Trinajstić information content (AvgIpc) is 2.69. The maximum absolute atomic E-state index is 13.1. The van der Waals surface area contributed by atoms with Crippen LogP contribution in [0, 0.1) is 12.7 Å². The first-order chi connectivity index (χ1) is 9.85. The second-order valence-corrected chi connectivity index (χ2v) is 5.18. The highest BCUT2D eigenvalue weighted by Gasteiger charge is 2.21. The lowest BCUT2D eigenvalue weighted by molar-refractivity contribution is 0.101. The number of carbonyl (C=O) groups is 1. The molecule has 0 aliphatic rings. The number of halogens is 3. The number of nitrogens with one attached hydrogen (secondary N) is 1. The van der Waals surface area contributed by atoms with Gasteiger partial charge >= 0.3 is 0 Å². The maximum atomic E-state index is 13.1. The van der Waals surface area contributed by atoms with Crippen molar-refractivity contribution in [2.24, 2.45) is 0 Å². The molecule has 1 amide bonds. The van der Waals surface area contributed by atoms with Gasteiger partial charge in [0.05, 0.1) is 27.1 Å². The van der Waals surface area contributed by atoms with Crippen LogP contribution < -0.4 is 11.1 Å². The van der Waals surface area contributed by atoms with E-state index in [1.165, 1.54) is 4.68 Å². The van der Waals surface area contributed by atoms with Gasteiger partial charge in [0.25, 0.3) is 5.91 Å². The van der Waals surface area contributed by atoms with Crippen molar-refractivity contribution in [3.05, 3.63) is 39.4 Å². The van der Waals surface area contributed by atoms with Crippen LogP contribution >= 0.6 is 23.2 Å². The van der Waals surface area contributed by atoms with Crippen molar-refractivity contribution in [3.63, 3.8) is 0 Å². The van der Waals surface area contributed by atoms with Gasteiger partial charge in [0, 0.05) is 6.54 Å². The van der Waals surface area contributed by atoms with Gasteiger partial charge in [-0.3, -0.25) is 9.48 Å². The molecule has 1 aromatic heterocycles. The molecule has 1 heterocycles. The zero-order chi connectivity index (χ0) is 15.7. The van der Waals surface area contributed by atoms with E-state index in [0.29, 0.717) is 12.2 Å². The number of nitrogen functional groups attached to an aromatic ring is 1. The SMILES string of the molecule is CCn1nc(C)c(N)c1C(=O)Nc1c(Cl)cc(F)cc1Cl. The van der Waals surface area contributed by atoms with Crippen molar-refractivity contribution in [1.29, 1.82) is 0 Å². The molecule has 3 N–H and O–H groups in total. The van der Waals surface area contributed by atoms with Crippen LogP contribution in [0.25, 0.3) is 0 Å². The van der Waals surface area contributed by atoms with Crippen molar-refractivity contribution in [1.82, 2.24) is 9.78 Å². The molecular formula is C13H13Cl2FN4O. The van der Waals surface area contributed by atoms with Gasteiger partial charge in [-0.25, -0.2) is 4.39 Å². The molecule has 112 valence electrons. The lowest BCUT2D eigenvalue weighted by Gasteiger charge is -2.11. The summed E-state index contributed by atoms with van der Waals surface area (Å²) in [6, 6.07) is 2.13. The Labute approximate surface area is 130 Å². The topological polar surface area (TPSA) is 72.9 Å². The highest BCUT2D eigenvalue weighted by atomic mass is 35.5. The molecule has 0 fully saturated rings. The Bertz CT molecular complexity index is 691. The Morgan fingerprint density at radius 1 is 1.43 bits per heavy atom. The molecule has 0 spiro atoms. The third-order valence-corrected chi connectivity index (χ3v) is 3.53. The van der Waals surface area contributed by atoms with Crippen LogP contribution in [-0.2, 0) is 6.54 Å². The molecule has 1 aromatic carbocycles. The molecule has 0 saturated heterocycles. The number of amides is 1. The summed E-state index contributed by atoms with van der Waals surface area (Å²) in [7, 11) is 0. The van der Waals surface area contributed by atoms with E-state index in [0.717, 1.165) is 12.1 Å². The summed E-state index contributed by atoms with van der Waals surface area (Å²) in [6.45, 7) is 4.02. The van der Waals surface area contributed by atoms with Crippen LogP contribution in [-0.4, -0.2) is 15.7 Å². The van der Waals surface area contributed by atoms with Gasteiger partial charge in [0.1, 0.15) is 11.5 Å². The Kier molecular flexibility index (Phi) is 4.39. The van der Waals surface area contributed by atoms with E-state index in [4.69, 9.17) is 28.9 Å². The predicted octanol–water partition coefficient (Wildman–Crippen LogP) is 3.49. The van der Waals surface area contributed by atoms with Crippen molar-refractivity contribution >= 4 is 40.5 Å². The van der Waals surface area contributed by atoms with Gasteiger partial charge in [-0.1, -0.05) is 23.2 Å². The average molecular weight is 331 g/mol. The Morgan fingerprint density at radius 3 is 2.52 bits per heavy atom. The highest BCUT2D eigenvalue weighted by molar-refractivity contribution is 6.40. The Hall–Kier alpha value is -1.79. The smallest absolute Gasteiger partial charge is 0.276 e. The summed E-state index contributed by atoms with van der Waals surface area (Å²) < 4.78 is 14.6. The van der Waals surface area contributed by atoms with E-state index in [2.05, 4.69) is 10.4 Å². The zero-order valence-electron chi connectivity index (χ0n) is 11.4. The van der Waals surface area contributed by atoms with Gasteiger partial charge < -0.3 is 11.1 Å². The van der Waals surface area contributed by atoms with Crippen LogP contribution in [0.5, 0.6) is 0 Å². The molecule has 0 radical (unpaired) electrons. The van der Waals surface area contributed by atoms with Crippen molar-refractivity contribution in [3.8, 4) is 0 Å². The van der Waals surface area contributed by atoms with Gasteiger partial charge in [0.2, 0.25) is 0 Å². The number of hydrogen-bond donors (Lipinski definition) is 2. The lowest BCUT2D eigenvalue weighted by Crippen LogP contribution is -2.19. The Morgan fingerprint density at radius 2 is 2.00 bits per heavy atom. The van der Waals surface area contributed by atoms with E-state index in [1.54, 1.807) is 6.92 Å². The molecule has 8 heteroatoms. The number of carbonyl (C=O) groups excluding carboxylic acids is 1. The fraction of sp³-hybridized carbons (Fsp3) is 0.231. The number of nitrogens with two attached hydrogens (primary N) is 1. The molecule has 0 atom stereocenters. The van der Waals surface area contributed by atoms with E-state index in [9.17, 15) is 9.18 Å². The molecule has 2 aromatic rings. The summed E-state index contributed by atoms with van der Waals surface area (Å²) in [5, 5.41) is 6.71. The number of nitrogens with zero attached hydrogens (tertiary/aromatic N) is 2. The molecule has 0 aliphatic heterocycles. The van der Waals surface area contributed by atoms with Crippen LogP contribution in [0.3, 0.4) is 0 Å². The molecule has 21 heavy (non-hydrogen) atoms. The summed E-state index contributed by atoms with van der Waals surface area (Å²) in [5.41, 5.74) is 7.04. The maximum Gasteiger partial charge on any atom is 0.276 e. The normalized spacial score (nSPS) is 10.7. The molecule has 0 bridgehead atoms. The molecular weight excluding hydrogens is 318 g/mol. The highest BCUT2D eigenvalue weighted by Crippen LogP contribution is 2.32. The summed E-state index contributed by atoms with van der Waals surface area (Å²) in [6.07, 6.45) is 0. The van der Waals surface area contributed by atoms with Gasteiger partial charge in [0.15, 0.2) is 0 Å². The lowest BCUT2D eigenvalue weighted by atomic mass is 10.2. The van der Waals surface area contributed by atoms with Crippen LogP contribution in [0.4, 0.5) is 15.8 Å². The van der Waals surface area contributed by atoms with E-state index < -0.39 is 11.7 Å². The van der Waals surface area contributed by atoms with E-state index in [1.807, 2.05) is 6.92 Å². The minimum atomic E-state index is -0.586. The number of aryl methyl sites for hydroxylation is 2. The first kappa shape index (κ1) is 15.6. The van der Waals surface area contributed by atoms with Gasteiger partial charge in [-0.2, -0.15) is 5.10 Å². The first-order valence-corrected chi connectivity index (χ1v) is 6.89. The Balaban J connectivity index is 2.40. The fourth-order valence-electron chi connectivity index (χ4n) is 1.90. The molecule has 0 unspecified atom stereocenters. The fourth-order valence-corrected chi connectivity index (χ4v) is 2.45. The van der Waals surface area contributed by atoms with Gasteiger partial charge in [-0.15, -0.1) is 0 Å². The molecule has 0 saturated carbocycles. The van der Waals surface area contributed by atoms with E-state index in [-0.39, 0.29) is 27.1 Å². The van der Waals surface area contributed by atoms with Crippen LogP contribution in [0.2, 0.25) is 10.0 Å². The minimum Gasteiger partial charge on any atom is -0.395 e. The second-order valence-electron chi connectivity index (χ2n) is 4.36. The zero-order valence-corrected chi connectivity index (χ0v) is 12.9. The van der Waals surface area contributed by atoms with Crippen molar-refractivity contribution < 1.29 is 9.18 Å². The third kappa shape index (κ3) is 2.96. The third-order valence-electron chi connectivity index (χ3n) is 2.93. The second kappa shape index (κ2) is 5.91. The minimum absolute atomic E-state index is 0.00575. The number of benzene rings is 1. The summed E-state index contributed by atoms with van der Waals surface area (Å²) >= 11 is 11.8. The van der Waals surface area contributed by atoms with E-state index >= 15 is 0 Å². The first-order valence-electron chi connectivity index (χ1n) is 6.13. The number of hydrogen-bond acceptors (Lipinski definition) is 3. The molecule has 5 nitrogen and oxygen atoms in total. The number of rotatable bonds is 3. The standard InChI is InChI=1S/C13H13Cl2FN4O/c1-3-20-12(10(17)6(2)19-20)13(21)18-11-8(14)4-7(16)5-9(11)15/h4-5H,3,17H2,1-2H3,(H,18,21). The van der Waals surface area contributed by atoms with Gasteiger partial charge in [-0.05, 0) is 26.0 Å².